The van der Waals surface area contributed by atoms with Crippen molar-refractivity contribution in [2.24, 2.45) is 0 Å². The first-order valence-electron chi connectivity index (χ1n) is 7.79. The molecular formula is C17H15ClN4O3. The molecule has 0 saturated heterocycles. The smallest absolute Gasteiger partial charge is 0.290 e. The normalized spacial score (nSPS) is 16.7. The highest BCUT2D eigenvalue weighted by atomic mass is 35.5. The highest BCUT2D eigenvalue weighted by Gasteiger charge is 2.33. The van der Waals surface area contributed by atoms with E-state index in [1.165, 1.54) is 0 Å². The zero-order valence-electron chi connectivity index (χ0n) is 13.4. The standard InChI is InChI=1S/C17H15ClN4O3/c1-19-16(23)13-9-21(8-12-4-5-20-22(12)13)17(24)15-7-10-6-11(18)2-3-14(10)25-15/h2-7,13H,8-9H2,1H3,(H,19,23)/t13-/m1/s1. The first-order valence-corrected chi connectivity index (χ1v) is 8.17. The Kier molecular flexibility index (Phi) is 3.73. The summed E-state index contributed by atoms with van der Waals surface area (Å²) in [7, 11) is 1.56. The van der Waals surface area contributed by atoms with Gasteiger partial charge in [0.05, 0.1) is 18.8 Å². The number of furan rings is 1. The van der Waals surface area contributed by atoms with Crippen LogP contribution in [0.4, 0.5) is 0 Å². The number of rotatable bonds is 2. The van der Waals surface area contributed by atoms with Crippen molar-refractivity contribution in [2.75, 3.05) is 13.6 Å². The van der Waals surface area contributed by atoms with Crippen molar-refractivity contribution in [3.8, 4) is 0 Å². The number of hydrogen-bond donors (Lipinski definition) is 1. The third-order valence-electron chi connectivity index (χ3n) is 4.32. The van der Waals surface area contributed by atoms with Gasteiger partial charge in [-0.3, -0.25) is 14.3 Å². The van der Waals surface area contributed by atoms with E-state index in [0.29, 0.717) is 17.2 Å². The number of halogens is 1. The molecule has 1 aromatic carbocycles. The maximum atomic E-state index is 12.9. The van der Waals surface area contributed by atoms with Gasteiger partial charge >= 0.3 is 0 Å². The Labute approximate surface area is 148 Å². The molecule has 1 aliphatic heterocycles. The maximum absolute atomic E-state index is 12.9. The number of nitrogens with one attached hydrogen (secondary N) is 1. The molecule has 0 unspecified atom stereocenters. The van der Waals surface area contributed by atoms with E-state index in [1.807, 2.05) is 0 Å². The second kappa shape index (κ2) is 5.93. The number of carbonyl (C=O) groups is 2. The third-order valence-corrected chi connectivity index (χ3v) is 4.55. The van der Waals surface area contributed by atoms with E-state index in [0.717, 1.165) is 11.1 Å². The maximum Gasteiger partial charge on any atom is 0.290 e. The molecule has 0 fully saturated rings. The highest BCUT2D eigenvalue weighted by molar-refractivity contribution is 6.31. The molecule has 3 heterocycles. The first-order chi connectivity index (χ1) is 12.1. The van der Waals surface area contributed by atoms with Crippen molar-refractivity contribution in [1.82, 2.24) is 20.0 Å². The van der Waals surface area contributed by atoms with E-state index >= 15 is 0 Å². The molecule has 2 amide bonds. The van der Waals surface area contributed by atoms with Gasteiger partial charge in [0, 0.05) is 23.7 Å². The molecule has 2 aromatic heterocycles. The minimum absolute atomic E-state index is 0.196. The van der Waals surface area contributed by atoms with E-state index in [4.69, 9.17) is 16.0 Å². The molecule has 3 aromatic rings. The Bertz CT molecular complexity index is 977. The quantitative estimate of drug-likeness (QED) is 0.761. The monoisotopic (exact) mass is 358 g/mol. The zero-order valence-corrected chi connectivity index (χ0v) is 14.2. The molecular weight excluding hydrogens is 344 g/mol. The minimum Gasteiger partial charge on any atom is -0.451 e. The first kappa shape index (κ1) is 15.7. The summed E-state index contributed by atoms with van der Waals surface area (Å²) in [6, 6.07) is 8.09. The van der Waals surface area contributed by atoms with Crippen LogP contribution in [0.1, 0.15) is 22.3 Å². The number of benzene rings is 1. The van der Waals surface area contributed by atoms with Gasteiger partial charge in [0.25, 0.3) is 5.91 Å². The van der Waals surface area contributed by atoms with E-state index in [1.54, 1.807) is 53.2 Å². The molecule has 0 saturated carbocycles. The molecule has 0 radical (unpaired) electrons. The van der Waals surface area contributed by atoms with Crippen LogP contribution in [0.5, 0.6) is 0 Å². The van der Waals surface area contributed by atoms with Crippen molar-refractivity contribution in [2.45, 2.75) is 12.6 Å². The largest absolute Gasteiger partial charge is 0.451 e. The SMILES string of the molecule is CNC(=O)[C@H]1CN(C(=O)c2cc3cc(Cl)ccc3o2)Cc2ccnn21. The summed E-state index contributed by atoms with van der Waals surface area (Å²) in [5.74, 6) is -0.242. The Balaban J connectivity index is 1.66. The van der Waals surface area contributed by atoms with Crippen LogP contribution in [0.25, 0.3) is 11.0 Å². The number of hydrogen-bond acceptors (Lipinski definition) is 4. The Morgan fingerprint density at radius 3 is 2.96 bits per heavy atom. The van der Waals surface area contributed by atoms with Gasteiger partial charge in [-0.25, -0.2) is 0 Å². The van der Waals surface area contributed by atoms with Crippen LogP contribution in [0.15, 0.2) is 40.9 Å². The van der Waals surface area contributed by atoms with Crippen LogP contribution >= 0.6 is 11.6 Å². The molecule has 0 spiro atoms. The molecule has 1 aliphatic rings. The Morgan fingerprint density at radius 2 is 2.16 bits per heavy atom. The summed E-state index contributed by atoms with van der Waals surface area (Å²) in [5, 5.41) is 8.16. The molecule has 0 aliphatic carbocycles. The predicted molar refractivity (Wildman–Crippen MR) is 91.3 cm³/mol. The summed E-state index contributed by atoms with van der Waals surface area (Å²) in [4.78, 5) is 26.6. The van der Waals surface area contributed by atoms with Gasteiger partial charge < -0.3 is 14.6 Å². The molecule has 8 heteroatoms. The van der Waals surface area contributed by atoms with E-state index in [-0.39, 0.29) is 24.1 Å². The van der Waals surface area contributed by atoms with E-state index in [2.05, 4.69) is 10.4 Å². The van der Waals surface area contributed by atoms with Gasteiger partial charge in [0.2, 0.25) is 5.91 Å². The van der Waals surface area contributed by atoms with Crippen molar-refractivity contribution in [3.05, 3.63) is 53.0 Å². The fourth-order valence-corrected chi connectivity index (χ4v) is 3.26. The third kappa shape index (κ3) is 2.66. The lowest BCUT2D eigenvalue weighted by molar-refractivity contribution is -0.125. The van der Waals surface area contributed by atoms with Crippen LogP contribution in [0, 0.1) is 0 Å². The fraction of sp³-hybridized carbons (Fsp3) is 0.235. The van der Waals surface area contributed by atoms with Gasteiger partial charge in [0.1, 0.15) is 11.6 Å². The number of carbonyl (C=O) groups excluding carboxylic acids is 2. The molecule has 128 valence electrons. The number of amides is 2. The second-order valence-electron chi connectivity index (χ2n) is 5.88. The summed E-state index contributed by atoms with van der Waals surface area (Å²) < 4.78 is 7.31. The van der Waals surface area contributed by atoms with Gasteiger partial charge in [-0.2, -0.15) is 5.10 Å². The topological polar surface area (TPSA) is 80.4 Å². The molecule has 7 nitrogen and oxygen atoms in total. The van der Waals surface area contributed by atoms with Crippen LogP contribution in [-0.2, 0) is 11.3 Å². The van der Waals surface area contributed by atoms with Crippen molar-refractivity contribution < 1.29 is 14.0 Å². The number of nitrogens with zero attached hydrogens (tertiary/aromatic N) is 3. The Morgan fingerprint density at radius 1 is 1.32 bits per heavy atom. The van der Waals surface area contributed by atoms with E-state index < -0.39 is 6.04 Å². The average Bonchev–Trinajstić information content (AvgIpc) is 3.25. The lowest BCUT2D eigenvalue weighted by atomic mass is 10.1. The molecule has 4 rings (SSSR count). The zero-order chi connectivity index (χ0) is 17.6. The summed E-state index contributed by atoms with van der Waals surface area (Å²) >= 11 is 5.98. The van der Waals surface area contributed by atoms with Gasteiger partial charge in [0.15, 0.2) is 5.76 Å². The number of likely N-dealkylation sites (N-methyl/N-ethyl adjacent to an activating group) is 1. The van der Waals surface area contributed by atoms with Crippen LogP contribution in [0.3, 0.4) is 0 Å². The molecule has 25 heavy (non-hydrogen) atoms. The van der Waals surface area contributed by atoms with Crippen molar-refractivity contribution in [3.63, 3.8) is 0 Å². The van der Waals surface area contributed by atoms with Crippen LogP contribution < -0.4 is 5.32 Å². The van der Waals surface area contributed by atoms with Crippen LogP contribution in [0.2, 0.25) is 5.02 Å². The molecule has 1 atom stereocenters. The number of aromatic nitrogens is 2. The molecule has 0 bridgehead atoms. The van der Waals surface area contributed by atoms with Gasteiger partial charge in [-0.1, -0.05) is 11.6 Å². The minimum atomic E-state index is -0.563. The summed E-state index contributed by atoms with van der Waals surface area (Å²) in [5.41, 5.74) is 1.39. The molecule has 1 N–H and O–H groups in total. The van der Waals surface area contributed by atoms with Gasteiger partial charge in [-0.05, 0) is 30.3 Å². The highest BCUT2D eigenvalue weighted by Crippen LogP contribution is 2.26. The fourth-order valence-electron chi connectivity index (χ4n) is 3.08. The lowest BCUT2D eigenvalue weighted by Gasteiger charge is -2.32. The summed E-state index contributed by atoms with van der Waals surface area (Å²) in [6.45, 7) is 0.592. The van der Waals surface area contributed by atoms with Gasteiger partial charge in [-0.15, -0.1) is 0 Å². The predicted octanol–water partition coefficient (Wildman–Crippen LogP) is 2.23. The van der Waals surface area contributed by atoms with Crippen LogP contribution in [-0.4, -0.2) is 40.1 Å². The average molecular weight is 359 g/mol. The Hall–Kier alpha value is -2.80. The summed E-state index contributed by atoms with van der Waals surface area (Å²) in [6.07, 6.45) is 1.63. The van der Waals surface area contributed by atoms with Crippen molar-refractivity contribution >= 4 is 34.4 Å². The lowest BCUT2D eigenvalue weighted by Crippen LogP contribution is -2.46. The van der Waals surface area contributed by atoms with Crippen molar-refractivity contribution in [1.29, 1.82) is 0 Å². The number of fused-ring (bicyclic) bond motifs is 2. The second-order valence-corrected chi connectivity index (χ2v) is 6.31. The van der Waals surface area contributed by atoms with E-state index in [9.17, 15) is 9.59 Å².